The molecule has 0 radical (unpaired) electrons. The first kappa shape index (κ1) is 19.7. The number of pyridine rings is 1. The van der Waals surface area contributed by atoms with Crippen molar-refractivity contribution in [3.05, 3.63) is 47.0 Å². The predicted octanol–water partition coefficient (Wildman–Crippen LogP) is 3.18. The fourth-order valence-electron chi connectivity index (χ4n) is 2.22. The Labute approximate surface area is 163 Å². The molecule has 0 saturated carbocycles. The van der Waals surface area contributed by atoms with E-state index in [2.05, 4.69) is 15.1 Å². The monoisotopic (exact) mass is 412 g/mol. The number of carbonyl (C=O) groups excluding carboxylic acids is 1. The van der Waals surface area contributed by atoms with Crippen molar-refractivity contribution in [2.24, 2.45) is 0 Å². The summed E-state index contributed by atoms with van der Waals surface area (Å²) in [5.74, 6) is -0.250. The summed E-state index contributed by atoms with van der Waals surface area (Å²) in [4.78, 5) is 19.9. The van der Waals surface area contributed by atoms with Crippen molar-refractivity contribution in [3.8, 4) is 11.6 Å². The number of hydrogen-bond acceptors (Lipinski definition) is 7. The number of fused-ring (bicyclic) bond motifs is 1. The van der Waals surface area contributed by atoms with Gasteiger partial charge in [0.05, 0.1) is 17.8 Å². The molecule has 11 heteroatoms. The molecular formula is C17H15ClF2N4O4. The van der Waals surface area contributed by atoms with Crippen LogP contribution in [0.2, 0.25) is 5.02 Å². The van der Waals surface area contributed by atoms with Crippen LogP contribution < -0.4 is 9.47 Å². The van der Waals surface area contributed by atoms with Crippen molar-refractivity contribution in [1.82, 2.24) is 19.6 Å². The maximum Gasteiger partial charge on any atom is 0.358 e. The van der Waals surface area contributed by atoms with Crippen LogP contribution in [0.1, 0.15) is 23.1 Å². The van der Waals surface area contributed by atoms with E-state index >= 15 is 0 Å². The van der Waals surface area contributed by atoms with Gasteiger partial charge in [-0.2, -0.15) is 0 Å². The van der Waals surface area contributed by atoms with Gasteiger partial charge in [0, 0.05) is 18.3 Å². The van der Waals surface area contributed by atoms with E-state index in [0.29, 0.717) is 5.65 Å². The first-order valence-corrected chi connectivity index (χ1v) is 8.55. The number of imidazole rings is 1. The van der Waals surface area contributed by atoms with Crippen LogP contribution in [0.5, 0.6) is 11.6 Å². The van der Waals surface area contributed by atoms with Gasteiger partial charge >= 0.3 is 5.97 Å². The van der Waals surface area contributed by atoms with Crippen molar-refractivity contribution >= 4 is 23.2 Å². The van der Waals surface area contributed by atoms with Gasteiger partial charge in [-0.3, -0.25) is 4.98 Å². The predicted molar refractivity (Wildman–Crippen MR) is 94.0 cm³/mol. The zero-order chi connectivity index (χ0) is 20.1. The SMILES string of the molecule is CCOC(=O)c1cn2nc(OCc3ncc(Cl)cc3OCC(F)F)ccc2n1. The molecule has 8 nitrogen and oxygen atoms in total. The van der Waals surface area contributed by atoms with Crippen LogP contribution in [0.15, 0.2) is 30.6 Å². The number of halogens is 3. The third-order valence-corrected chi connectivity index (χ3v) is 3.61. The molecule has 0 aliphatic heterocycles. The Kier molecular flexibility index (Phi) is 6.19. The molecule has 0 saturated heterocycles. The summed E-state index contributed by atoms with van der Waals surface area (Å²) in [5, 5.41) is 4.43. The van der Waals surface area contributed by atoms with Gasteiger partial charge in [0.25, 0.3) is 6.43 Å². The lowest BCUT2D eigenvalue weighted by atomic mass is 10.3. The number of hydrogen-bond donors (Lipinski definition) is 0. The highest BCUT2D eigenvalue weighted by Crippen LogP contribution is 2.23. The van der Waals surface area contributed by atoms with Crippen LogP contribution >= 0.6 is 11.6 Å². The molecule has 0 aromatic carbocycles. The molecule has 3 aromatic rings. The van der Waals surface area contributed by atoms with E-state index in [4.69, 9.17) is 25.8 Å². The van der Waals surface area contributed by atoms with E-state index < -0.39 is 19.0 Å². The number of rotatable bonds is 8. The smallest absolute Gasteiger partial charge is 0.358 e. The van der Waals surface area contributed by atoms with E-state index in [1.54, 1.807) is 19.1 Å². The number of ether oxygens (including phenoxy) is 3. The molecule has 0 atom stereocenters. The molecule has 0 fully saturated rings. The largest absolute Gasteiger partial charge is 0.486 e. The summed E-state index contributed by atoms with van der Waals surface area (Å²) < 4.78 is 41.6. The van der Waals surface area contributed by atoms with Crippen molar-refractivity contribution in [3.63, 3.8) is 0 Å². The van der Waals surface area contributed by atoms with Gasteiger partial charge in [-0.15, -0.1) is 5.10 Å². The number of aromatic nitrogens is 4. The van der Waals surface area contributed by atoms with E-state index in [1.807, 2.05) is 0 Å². The van der Waals surface area contributed by atoms with Crippen LogP contribution in [0.4, 0.5) is 8.78 Å². The van der Waals surface area contributed by atoms with Crippen LogP contribution in [-0.4, -0.2) is 45.2 Å². The zero-order valence-electron chi connectivity index (χ0n) is 14.6. The Morgan fingerprint density at radius 2 is 2.14 bits per heavy atom. The Hall–Kier alpha value is -3.01. The lowest BCUT2D eigenvalue weighted by molar-refractivity contribution is 0.0520. The van der Waals surface area contributed by atoms with Crippen molar-refractivity contribution in [2.45, 2.75) is 20.0 Å². The first-order chi connectivity index (χ1) is 13.5. The highest BCUT2D eigenvalue weighted by molar-refractivity contribution is 6.30. The highest BCUT2D eigenvalue weighted by atomic mass is 35.5. The van der Waals surface area contributed by atoms with Crippen molar-refractivity contribution < 1.29 is 27.8 Å². The molecule has 148 valence electrons. The minimum absolute atomic E-state index is 0.0896. The standard InChI is InChI=1S/C17H15ClF2N4O4/c1-2-26-17(25)11-7-24-15(22-11)3-4-16(23-24)28-8-12-13(27-9-14(19)20)5-10(18)6-21-12/h3-7,14H,2,8-9H2,1H3. The minimum Gasteiger partial charge on any atom is -0.486 e. The van der Waals surface area contributed by atoms with Gasteiger partial charge in [-0.05, 0) is 13.0 Å². The molecule has 0 spiro atoms. The van der Waals surface area contributed by atoms with Gasteiger partial charge in [0.2, 0.25) is 5.88 Å². The molecule has 0 aliphatic carbocycles. The van der Waals surface area contributed by atoms with Crippen LogP contribution in [0.3, 0.4) is 0 Å². The summed E-state index contributed by atoms with van der Waals surface area (Å²) in [7, 11) is 0. The van der Waals surface area contributed by atoms with Gasteiger partial charge in [0.1, 0.15) is 24.7 Å². The summed E-state index contributed by atoms with van der Waals surface area (Å²) in [6.07, 6.45) is 0.137. The Morgan fingerprint density at radius 1 is 1.32 bits per heavy atom. The molecule has 0 amide bonds. The molecule has 0 bridgehead atoms. The second-order valence-electron chi connectivity index (χ2n) is 5.41. The quantitative estimate of drug-likeness (QED) is 0.525. The fraction of sp³-hybridized carbons (Fsp3) is 0.294. The minimum atomic E-state index is -2.63. The van der Waals surface area contributed by atoms with E-state index in [9.17, 15) is 13.6 Å². The molecule has 28 heavy (non-hydrogen) atoms. The number of nitrogens with zero attached hydrogens (tertiary/aromatic N) is 4. The second kappa shape index (κ2) is 8.79. The van der Waals surface area contributed by atoms with Crippen LogP contribution in [0, 0.1) is 0 Å². The molecule has 3 heterocycles. The third kappa shape index (κ3) is 4.83. The average molecular weight is 413 g/mol. The van der Waals surface area contributed by atoms with Gasteiger partial charge < -0.3 is 14.2 Å². The molecule has 0 N–H and O–H groups in total. The molecule has 3 rings (SSSR count). The van der Waals surface area contributed by atoms with Crippen molar-refractivity contribution in [2.75, 3.05) is 13.2 Å². The Morgan fingerprint density at radius 3 is 2.89 bits per heavy atom. The lowest BCUT2D eigenvalue weighted by Crippen LogP contribution is -2.10. The third-order valence-electron chi connectivity index (χ3n) is 3.40. The Balaban J connectivity index is 1.74. The van der Waals surface area contributed by atoms with E-state index in [0.717, 1.165) is 0 Å². The van der Waals surface area contributed by atoms with Crippen molar-refractivity contribution in [1.29, 1.82) is 0 Å². The lowest BCUT2D eigenvalue weighted by Gasteiger charge is -2.11. The van der Waals surface area contributed by atoms with E-state index in [1.165, 1.54) is 23.0 Å². The molecular weight excluding hydrogens is 398 g/mol. The maximum atomic E-state index is 12.4. The topological polar surface area (TPSA) is 87.8 Å². The number of alkyl halides is 2. The number of carbonyl (C=O) groups is 1. The van der Waals surface area contributed by atoms with Gasteiger partial charge in [-0.1, -0.05) is 11.6 Å². The summed E-state index contributed by atoms with van der Waals surface area (Å²) >= 11 is 5.83. The summed E-state index contributed by atoms with van der Waals surface area (Å²) in [6.45, 7) is 1.05. The number of esters is 1. The highest BCUT2D eigenvalue weighted by Gasteiger charge is 2.14. The summed E-state index contributed by atoms with van der Waals surface area (Å²) in [5.41, 5.74) is 0.833. The average Bonchev–Trinajstić information content (AvgIpc) is 3.09. The van der Waals surface area contributed by atoms with E-state index in [-0.39, 0.29) is 41.3 Å². The normalized spacial score (nSPS) is 11.0. The van der Waals surface area contributed by atoms with Crippen LogP contribution in [-0.2, 0) is 11.3 Å². The molecule has 0 aliphatic rings. The summed E-state index contributed by atoms with van der Waals surface area (Å²) in [6, 6.07) is 4.54. The molecule has 0 unspecified atom stereocenters. The second-order valence-corrected chi connectivity index (χ2v) is 5.85. The Bertz CT molecular complexity index is 983. The fourth-order valence-corrected chi connectivity index (χ4v) is 2.37. The van der Waals surface area contributed by atoms with Crippen LogP contribution in [0.25, 0.3) is 5.65 Å². The maximum absolute atomic E-state index is 12.4. The zero-order valence-corrected chi connectivity index (χ0v) is 15.4. The first-order valence-electron chi connectivity index (χ1n) is 8.18. The van der Waals surface area contributed by atoms with Gasteiger partial charge in [0.15, 0.2) is 11.3 Å². The van der Waals surface area contributed by atoms with Gasteiger partial charge in [-0.25, -0.2) is 23.1 Å². The molecule has 3 aromatic heterocycles.